The van der Waals surface area contributed by atoms with Crippen LogP contribution in [-0.2, 0) is 9.59 Å². The van der Waals surface area contributed by atoms with Gasteiger partial charge in [0.1, 0.15) is 0 Å². The van der Waals surface area contributed by atoms with Gasteiger partial charge in [0.05, 0.1) is 11.8 Å². The number of para-hydroxylation sites is 1. The third-order valence-corrected chi connectivity index (χ3v) is 2.58. The van der Waals surface area contributed by atoms with E-state index in [2.05, 4.69) is 26.6 Å². The summed E-state index contributed by atoms with van der Waals surface area (Å²) in [5, 5.41) is 13.7. The minimum atomic E-state index is -0.776. The van der Waals surface area contributed by atoms with E-state index < -0.39 is 17.9 Å². The fourth-order valence-electron chi connectivity index (χ4n) is 1.06. The molecule has 0 aromatic heterocycles. The first-order valence-corrected chi connectivity index (χ1v) is 5.81. The van der Waals surface area contributed by atoms with Gasteiger partial charge in [-0.3, -0.25) is 9.59 Å². The van der Waals surface area contributed by atoms with Gasteiger partial charge in [0, 0.05) is 11.0 Å². The van der Waals surface area contributed by atoms with Crippen molar-refractivity contribution in [1.29, 1.82) is 0 Å². The zero-order valence-electron chi connectivity index (χ0n) is 9.24. The summed E-state index contributed by atoms with van der Waals surface area (Å²) in [6.45, 7) is 1.56. The highest BCUT2D eigenvalue weighted by molar-refractivity contribution is 9.10. The van der Waals surface area contributed by atoms with Crippen molar-refractivity contribution in [3.05, 3.63) is 28.7 Å². The maximum atomic E-state index is 11.5. The molecule has 1 rings (SSSR count). The van der Waals surface area contributed by atoms with Crippen LogP contribution in [0.3, 0.4) is 0 Å². The number of carbonyl (C=O) groups excluding carboxylic acids is 2. The number of hydrogen-bond acceptors (Lipinski definition) is 3. The van der Waals surface area contributed by atoms with Crippen molar-refractivity contribution in [3.8, 4) is 0 Å². The average Bonchev–Trinajstić information content (AvgIpc) is 2.28. The summed E-state index contributed by atoms with van der Waals surface area (Å²) >= 11 is 3.25. The van der Waals surface area contributed by atoms with Gasteiger partial charge in [-0.1, -0.05) is 12.1 Å². The maximum absolute atomic E-state index is 11.5. The Bertz CT molecular complexity index is 421. The Labute approximate surface area is 107 Å². The van der Waals surface area contributed by atoms with E-state index in [1.54, 1.807) is 24.3 Å². The second kappa shape index (κ2) is 6.36. The fourth-order valence-corrected chi connectivity index (χ4v) is 1.45. The Morgan fingerprint density at radius 3 is 2.59 bits per heavy atom. The van der Waals surface area contributed by atoms with E-state index >= 15 is 0 Å². The number of anilines is 1. The van der Waals surface area contributed by atoms with Crippen molar-refractivity contribution in [2.24, 2.45) is 0 Å². The molecule has 0 fully saturated rings. The molecule has 0 aliphatic heterocycles. The van der Waals surface area contributed by atoms with E-state index in [4.69, 9.17) is 5.11 Å². The molecule has 1 atom stereocenters. The summed E-state index contributed by atoms with van der Waals surface area (Å²) in [6, 6.07) is 6.97. The van der Waals surface area contributed by atoms with Crippen molar-refractivity contribution in [1.82, 2.24) is 5.32 Å². The standard InChI is InChI=1S/C11H13BrN2O3/c1-7(15)6-13-10(16)11(17)14-9-5-3-2-4-8(9)12/h2-5,7,15H,6H2,1H3,(H,13,16)(H,14,17)/t7-/m0/s1. The molecule has 17 heavy (non-hydrogen) atoms. The van der Waals surface area contributed by atoms with Crippen molar-refractivity contribution in [2.75, 3.05) is 11.9 Å². The molecule has 5 nitrogen and oxygen atoms in total. The molecular weight excluding hydrogens is 288 g/mol. The first-order chi connectivity index (χ1) is 8.00. The van der Waals surface area contributed by atoms with Gasteiger partial charge in [-0.05, 0) is 35.0 Å². The molecule has 2 amide bonds. The Balaban J connectivity index is 2.55. The molecule has 0 unspecified atom stereocenters. The van der Waals surface area contributed by atoms with Crippen LogP contribution in [-0.4, -0.2) is 29.6 Å². The van der Waals surface area contributed by atoms with E-state index in [0.29, 0.717) is 10.2 Å². The number of rotatable bonds is 3. The molecule has 92 valence electrons. The lowest BCUT2D eigenvalue weighted by Crippen LogP contribution is -2.38. The topological polar surface area (TPSA) is 78.4 Å². The van der Waals surface area contributed by atoms with Gasteiger partial charge in [-0.25, -0.2) is 0 Å². The SMILES string of the molecule is C[C@H](O)CNC(=O)C(=O)Nc1ccccc1Br. The zero-order chi connectivity index (χ0) is 12.8. The molecule has 0 heterocycles. The summed E-state index contributed by atoms with van der Waals surface area (Å²) in [5.41, 5.74) is 0.518. The molecule has 0 saturated carbocycles. The van der Waals surface area contributed by atoms with Crippen molar-refractivity contribution < 1.29 is 14.7 Å². The Hall–Kier alpha value is -1.40. The van der Waals surface area contributed by atoms with E-state index in [0.717, 1.165) is 0 Å². The van der Waals surface area contributed by atoms with Crippen LogP contribution in [0.15, 0.2) is 28.7 Å². The van der Waals surface area contributed by atoms with Crippen LogP contribution in [0.5, 0.6) is 0 Å². The first kappa shape index (κ1) is 13.7. The van der Waals surface area contributed by atoms with Crippen LogP contribution in [0.4, 0.5) is 5.69 Å². The van der Waals surface area contributed by atoms with E-state index in [1.807, 2.05) is 0 Å². The number of aliphatic hydroxyl groups is 1. The highest BCUT2D eigenvalue weighted by atomic mass is 79.9. The van der Waals surface area contributed by atoms with Crippen LogP contribution in [0.1, 0.15) is 6.92 Å². The number of nitrogens with one attached hydrogen (secondary N) is 2. The monoisotopic (exact) mass is 300 g/mol. The van der Waals surface area contributed by atoms with Gasteiger partial charge >= 0.3 is 11.8 Å². The van der Waals surface area contributed by atoms with Crippen molar-refractivity contribution in [2.45, 2.75) is 13.0 Å². The first-order valence-electron chi connectivity index (χ1n) is 5.02. The number of hydrogen-bond donors (Lipinski definition) is 3. The number of amides is 2. The maximum Gasteiger partial charge on any atom is 0.313 e. The summed E-state index contributed by atoms with van der Waals surface area (Å²) in [7, 11) is 0. The van der Waals surface area contributed by atoms with E-state index in [1.165, 1.54) is 6.92 Å². The zero-order valence-corrected chi connectivity index (χ0v) is 10.8. The normalized spacial score (nSPS) is 11.7. The second-order valence-corrected chi connectivity index (χ2v) is 4.35. The molecule has 1 aromatic rings. The average molecular weight is 301 g/mol. The molecule has 6 heteroatoms. The number of aliphatic hydroxyl groups excluding tert-OH is 1. The number of benzene rings is 1. The van der Waals surface area contributed by atoms with E-state index in [-0.39, 0.29) is 6.54 Å². The molecule has 0 radical (unpaired) electrons. The lowest BCUT2D eigenvalue weighted by atomic mass is 10.3. The molecular formula is C11H13BrN2O3. The van der Waals surface area contributed by atoms with Crippen LogP contribution >= 0.6 is 15.9 Å². The Kier molecular flexibility index (Phi) is 5.11. The molecule has 0 saturated heterocycles. The molecule has 1 aromatic carbocycles. The predicted octanol–water partition coefficient (Wildman–Crippen LogP) is 0.885. The quantitative estimate of drug-likeness (QED) is 0.725. The highest BCUT2D eigenvalue weighted by Crippen LogP contribution is 2.20. The second-order valence-electron chi connectivity index (χ2n) is 3.49. The minimum Gasteiger partial charge on any atom is -0.392 e. The van der Waals surface area contributed by atoms with Gasteiger partial charge in [0.2, 0.25) is 0 Å². The third-order valence-electron chi connectivity index (χ3n) is 1.89. The van der Waals surface area contributed by atoms with Crippen LogP contribution in [0, 0.1) is 0 Å². The summed E-state index contributed by atoms with van der Waals surface area (Å²) < 4.78 is 0.691. The predicted molar refractivity (Wildman–Crippen MR) is 67.5 cm³/mol. The van der Waals surface area contributed by atoms with E-state index in [9.17, 15) is 9.59 Å². The van der Waals surface area contributed by atoms with Gasteiger partial charge < -0.3 is 15.7 Å². The molecule has 3 N–H and O–H groups in total. The number of halogens is 1. The number of carbonyl (C=O) groups is 2. The smallest absolute Gasteiger partial charge is 0.313 e. The molecule has 0 aliphatic carbocycles. The van der Waals surface area contributed by atoms with Gasteiger partial charge in [0.15, 0.2) is 0 Å². The highest BCUT2D eigenvalue weighted by Gasteiger charge is 2.14. The van der Waals surface area contributed by atoms with Gasteiger partial charge in [0.25, 0.3) is 0 Å². The summed E-state index contributed by atoms with van der Waals surface area (Å²) in [6.07, 6.45) is -0.685. The summed E-state index contributed by atoms with van der Waals surface area (Å²) in [5.74, 6) is -1.54. The van der Waals surface area contributed by atoms with Crippen LogP contribution in [0.2, 0.25) is 0 Å². The van der Waals surface area contributed by atoms with Gasteiger partial charge in [-0.15, -0.1) is 0 Å². The summed E-state index contributed by atoms with van der Waals surface area (Å²) in [4.78, 5) is 22.8. The van der Waals surface area contributed by atoms with Crippen molar-refractivity contribution in [3.63, 3.8) is 0 Å². The van der Waals surface area contributed by atoms with Crippen molar-refractivity contribution >= 4 is 33.4 Å². The fraction of sp³-hybridized carbons (Fsp3) is 0.273. The Morgan fingerprint density at radius 2 is 2.00 bits per heavy atom. The largest absolute Gasteiger partial charge is 0.392 e. The Morgan fingerprint density at radius 1 is 1.35 bits per heavy atom. The van der Waals surface area contributed by atoms with Crippen LogP contribution < -0.4 is 10.6 Å². The van der Waals surface area contributed by atoms with Crippen LogP contribution in [0.25, 0.3) is 0 Å². The third kappa shape index (κ3) is 4.54. The van der Waals surface area contributed by atoms with Gasteiger partial charge in [-0.2, -0.15) is 0 Å². The molecule has 0 bridgehead atoms. The lowest BCUT2D eigenvalue weighted by molar-refractivity contribution is -0.136. The minimum absolute atomic E-state index is 0.0439. The molecule has 0 aliphatic rings. The molecule has 0 spiro atoms. The lowest BCUT2D eigenvalue weighted by Gasteiger charge is -2.08.